The summed E-state index contributed by atoms with van der Waals surface area (Å²) in [4.78, 5) is 0. The molecule has 1 rings (SSSR count). The van der Waals surface area contributed by atoms with Gasteiger partial charge >= 0.3 is 0 Å². The number of methoxy groups -OCH3 is 1. The number of ether oxygens (including phenoxy) is 2. The summed E-state index contributed by atoms with van der Waals surface area (Å²) < 4.78 is 10.6. The van der Waals surface area contributed by atoms with E-state index in [4.69, 9.17) is 21.1 Å². The second-order valence-corrected chi connectivity index (χ2v) is 4.46. The molecule has 0 atom stereocenters. The van der Waals surface area contributed by atoms with Crippen molar-refractivity contribution in [3.8, 4) is 5.75 Å². The maximum atomic E-state index is 6.09. The fourth-order valence-corrected chi connectivity index (χ4v) is 1.70. The van der Waals surface area contributed by atoms with Gasteiger partial charge in [-0.25, -0.2) is 0 Å². The summed E-state index contributed by atoms with van der Waals surface area (Å²) >= 11 is 6.09. The average Bonchev–Trinajstić information content (AvgIpc) is 2.30. The van der Waals surface area contributed by atoms with Gasteiger partial charge in [0.2, 0.25) is 0 Å². The van der Waals surface area contributed by atoms with Crippen LogP contribution in [-0.2, 0) is 4.74 Å². The minimum atomic E-state index is 0.699. The summed E-state index contributed by atoms with van der Waals surface area (Å²) in [6.45, 7) is 7.37. The molecule has 3 nitrogen and oxygen atoms in total. The molecule has 1 aromatic rings. The number of quaternary nitrogens is 1. The lowest BCUT2D eigenvalue weighted by Gasteiger charge is -2.09. The largest absolute Gasteiger partial charge is 0.488 e. The van der Waals surface area contributed by atoms with Crippen LogP contribution in [0.3, 0.4) is 0 Å². The lowest BCUT2D eigenvalue weighted by atomic mass is 10.1. The van der Waals surface area contributed by atoms with Gasteiger partial charge in [-0.15, -0.1) is 0 Å². The first kappa shape index (κ1) is 14.3. The van der Waals surface area contributed by atoms with Crippen molar-refractivity contribution in [2.45, 2.75) is 13.8 Å². The van der Waals surface area contributed by atoms with E-state index >= 15 is 0 Å². The summed E-state index contributed by atoms with van der Waals surface area (Å²) in [5, 5.41) is 3.00. The van der Waals surface area contributed by atoms with E-state index in [1.54, 1.807) is 7.11 Å². The number of halogens is 1. The lowest BCUT2D eigenvalue weighted by Crippen LogP contribution is -2.86. The van der Waals surface area contributed by atoms with Crippen LogP contribution in [-0.4, -0.2) is 33.4 Å². The first-order valence-corrected chi connectivity index (χ1v) is 6.23. The number of nitrogens with two attached hydrogens (primary N) is 1. The Hall–Kier alpha value is -0.770. The van der Waals surface area contributed by atoms with Crippen molar-refractivity contribution in [2.75, 3.05) is 33.4 Å². The Labute approximate surface area is 108 Å². The van der Waals surface area contributed by atoms with E-state index in [0.29, 0.717) is 6.61 Å². The minimum Gasteiger partial charge on any atom is -0.488 e. The molecule has 0 saturated heterocycles. The van der Waals surface area contributed by atoms with Gasteiger partial charge in [-0.2, -0.15) is 0 Å². The van der Waals surface area contributed by atoms with Crippen LogP contribution in [0.4, 0.5) is 0 Å². The smallest absolute Gasteiger partial charge is 0.137 e. The SMILES string of the molecule is COCC[NH2+]CCOc1cc(C)c(Cl)c(C)c1. The van der Waals surface area contributed by atoms with Crippen molar-refractivity contribution in [1.82, 2.24) is 0 Å². The van der Waals surface area contributed by atoms with E-state index in [2.05, 4.69) is 5.32 Å². The van der Waals surface area contributed by atoms with E-state index in [1.165, 1.54) is 0 Å². The lowest BCUT2D eigenvalue weighted by molar-refractivity contribution is -0.656. The molecule has 0 aliphatic rings. The van der Waals surface area contributed by atoms with E-state index in [0.717, 1.165) is 41.6 Å². The second-order valence-electron chi connectivity index (χ2n) is 4.08. The van der Waals surface area contributed by atoms with Gasteiger partial charge in [0.25, 0.3) is 0 Å². The highest BCUT2D eigenvalue weighted by molar-refractivity contribution is 6.32. The Bertz CT molecular complexity index is 332. The molecule has 0 spiro atoms. The third-order valence-corrected chi connectivity index (χ3v) is 3.12. The van der Waals surface area contributed by atoms with Gasteiger partial charge in [0.05, 0.1) is 13.2 Å². The zero-order valence-electron chi connectivity index (χ0n) is 10.8. The molecule has 0 amide bonds. The summed E-state index contributed by atoms with van der Waals surface area (Å²) in [5.74, 6) is 0.893. The first-order chi connectivity index (χ1) is 8.15. The molecule has 0 aliphatic heterocycles. The molecular formula is C13H21ClNO2+. The summed E-state index contributed by atoms with van der Waals surface area (Å²) in [5.41, 5.74) is 2.12. The highest BCUT2D eigenvalue weighted by Gasteiger charge is 2.03. The molecule has 0 radical (unpaired) electrons. The molecule has 0 saturated carbocycles. The number of rotatable bonds is 7. The number of benzene rings is 1. The van der Waals surface area contributed by atoms with Gasteiger partial charge in [0.1, 0.15) is 18.9 Å². The fourth-order valence-electron chi connectivity index (χ4n) is 1.60. The zero-order valence-corrected chi connectivity index (χ0v) is 11.5. The zero-order chi connectivity index (χ0) is 12.7. The van der Waals surface area contributed by atoms with E-state index in [9.17, 15) is 0 Å². The average molecular weight is 259 g/mol. The highest BCUT2D eigenvalue weighted by Crippen LogP contribution is 2.25. The van der Waals surface area contributed by atoms with Crippen molar-refractivity contribution in [3.05, 3.63) is 28.3 Å². The van der Waals surface area contributed by atoms with Gasteiger partial charge in [0.15, 0.2) is 0 Å². The van der Waals surface area contributed by atoms with Crippen LogP contribution in [0, 0.1) is 13.8 Å². The predicted molar refractivity (Wildman–Crippen MR) is 70.0 cm³/mol. The summed E-state index contributed by atoms with van der Waals surface area (Å²) in [6, 6.07) is 3.95. The molecule has 4 heteroatoms. The third kappa shape index (κ3) is 4.94. The van der Waals surface area contributed by atoms with Gasteiger partial charge in [-0.1, -0.05) is 11.6 Å². The maximum absolute atomic E-state index is 6.09. The molecule has 0 heterocycles. The van der Waals surface area contributed by atoms with Gasteiger partial charge < -0.3 is 14.8 Å². The fraction of sp³-hybridized carbons (Fsp3) is 0.538. The van der Waals surface area contributed by atoms with Crippen molar-refractivity contribution < 1.29 is 14.8 Å². The molecule has 1 aromatic carbocycles. The van der Waals surface area contributed by atoms with E-state index in [1.807, 2.05) is 26.0 Å². The molecule has 0 unspecified atom stereocenters. The number of hydrogen-bond acceptors (Lipinski definition) is 2. The predicted octanol–water partition coefficient (Wildman–Crippen LogP) is 1.55. The van der Waals surface area contributed by atoms with Gasteiger partial charge in [-0.05, 0) is 37.1 Å². The Kier molecular flexibility index (Phi) is 6.34. The van der Waals surface area contributed by atoms with Crippen LogP contribution < -0.4 is 10.1 Å². The summed E-state index contributed by atoms with van der Waals surface area (Å²) in [7, 11) is 1.71. The molecular weight excluding hydrogens is 238 g/mol. The monoisotopic (exact) mass is 258 g/mol. The Morgan fingerprint density at radius 1 is 1.12 bits per heavy atom. The second kappa shape index (κ2) is 7.54. The Morgan fingerprint density at radius 3 is 2.29 bits per heavy atom. The van der Waals surface area contributed by atoms with Crippen molar-refractivity contribution in [1.29, 1.82) is 0 Å². The standard InChI is InChI=1S/C13H20ClNO2/c1-10-8-12(9-11(2)13(10)14)17-7-5-15-4-6-16-3/h8-9,15H,4-7H2,1-3H3/p+1. The van der Waals surface area contributed by atoms with Crippen molar-refractivity contribution in [2.24, 2.45) is 0 Å². The maximum Gasteiger partial charge on any atom is 0.137 e. The van der Waals surface area contributed by atoms with Crippen LogP contribution in [0.1, 0.15) is 11.1 Å². The van der Waals surface area contributed by atoms with Crippen LogP contribution in [0.25, 0.3) is 0 Å². The quantitative estimate of drug-likeness (QED) is 0.753. The van der Waals surface area contributed by atoms with Crippen LogP contribution >= 0.6 is 11.6 Å². The molecule has 0 aromatic heterocycles. The van der Waals surface area contributed by atoms with Gasteiger partial charge in [0, 0.05) is 12.1 Å². The van der Waals surface area contributed by atoms with Crippen LogP contribution in [0.2, 0.25) is 5.02 Å². The number of hydrogen-bond donors (Lipinski definition) is 1. The molecule has 17 heavy (non-hydrogen) atoms. The molecule has 0 aliphatic carbocycles. The number of aryl methyl sites for hydroxylation is 2. The highest BCUT2D eigenvalue weighted by atomic mass is 35.5. The minimum absolute atomic E-state index is 0.699. The Morgan fingerprint density at radius 2 is 1.71 bits per heavy atom. The summed E-state index contributed by atoms with van der Waals surface area (Å²) in [6.07, 6.45) is 0. The molecule has 2 N–H and O–H groups in total. The van der Waals surface area contributed by atoms with Crippen molar-refractivity contribution in [3.63, 3.8) is 0 Å². The van der Waals surface area contributed by atoms with Gasteiger partial charge in [-0.3, -0.25) is 0 Å². The first-order valence-electron chi connectivity index (χ1n) is 5.85. The van der Waals surface area contributed by atoms with Crippen LogP contribution in [0.15, 0.2) is 12.1 Å². The third-order valence-electron chi connectivity index (χ3n) is 2.53. The molecule has 96 valence electrons. The van der Waals surface area contributed by atoms with E-state index in [-0.39, 0.29) is 0 Å². The van der Waals surface area contributed by atoms with E-state index < -0.39 is 0 Å². The molecule has 0 bridgehead atoms. The van der Waals surface area contributed by atoms with Crippen LogP contribution in [0.5, 0.6) is 5.75 Å². The normalized spacial score (nSPS) is 10.6. The Balaban J connectivity index is 2.32. The molecule has 0 fully saturated rings. The topological polar surface area (TPSA) is 35.1 Å². The van der Waals surface area contributed by atoms with Crippen molar-refractivity contribution >= 4 is 11.6 Å².